The maximum absolute atomic E-state index is 12.3. The zero-order valence-electron chi connectivity index (χ0n) is 12.6. The predicted molar refractivity (Wildman–Crippen MR) is 87.0 cm³/mol. The molecule has 0 saturated carbocycles. The summed E-state index contributed by atoms with van der Waals surface area (Å²) in [5, 5.41) is 0. The number of nitrogens with two attached hydrogens (primary N) is 1. The lowest BCUT2D eigenvalue weighted by Crippen LogP contribution is -2.18. The molecule has 0 amide bonds. The highest BCUT2D eigenvalue weighted by Crippen LogP contribution is 2.34. The molecule has 6 heteroatoms. The number of esters is 1. The fourth-order valence-electron chi connectivity index (χ4n) is 2.44. The van der Waals surface area contributed by atoms with Gasteiger partial charge in [0.15, 0.2) is 5.69 Å². The van der Waals surface area contributed by atoms with Crippen molar-refractivity contribution in [2.24, 2.45) is 0 Å². The molecule has 0 spiro atoms. The smallest absolute Gasteiger partial charge is 0.357 e. The second kappa shape index (κ2) is 6.31. The monoisotopic (exact) mass is 308 g/mol. The average Bonchev–Trinajstić information content (AvgIpc) is 2.94. The highest BCUT2D eigenvalue weighted by Gasteiger charge is 2.24. The quantitative estimate of drug-likeness (QED) is 0.591. The van der Waals surface area contributed by atoms with Gasteiger partial charge in [0.2, 0.25) is 0 Å². The molecule has 0 bridgehead atoms. The molecule has 0 aliphatic heterocycles. The molecular weight excluding hydrogens is 292 g/mol. The van der Waals surface area contributed by atoms with Crippen molar-refractivity contribution >= 4 is 5.97 Å². The zero-order chi connectivity index (χ0) is 16.2. The fourth-order valence-corrected chi connectivity index (χ4v) is 2.44. The van der Waals surface area contributed by atoms with Gasteiger partial charge < -0.3 is 10.6 Å². The van der Waals surface area contributed by atoms with E-state index < -0.39 is 5.97 Å². The Morgan fingerprint density at radius 3 is 2.78 bits per heavy atom. The van der Waals surface area contributed by atoms with Gasteiger partial charge in [-0.3, -0.25) is 14.6 Å². The molecule has 6 nitrogen and oxygen atoms in total. The molecule has 3 aromatic heterocycles. The van der Waals surface area contributed by atoms with E-state index in [9.17, 15) is 4.79 Å². The largest absolute Gasteiger partial charge is 0.461 e. The summed E-state index contributed by atoms with van der Waals surface area (Å²) in [4.78, 5) is 20.8. The minimum atomic E-state index is -0.481. The summed E-state index contributed by atoms with van der Waals surface area (Å²) < 4.78 is 6.42. The SMILES string of the molecule is CCOC(=O)c1c(-c2ccccn2)c(-c2cccnc2)cn1N. The normalized spacial score (nSPS) is 10.5. The number of hydrogen-bond acceptors (Lipinski definition) is 5. The van der Waals surface area contributed by atoms with Crippen molar-refractivity contribution < 1.29 is 9.53 Å². The van der Waals surface area contributed by atoms with E-state index in [-0.39, 0.29) is 12.3 Å². The highest BCUT2D eigenvalue weighted by molar-refractivity contribution is 6.00. The van der Waals surface area contributed by atoms with Crippen LogP contribution in [0.5, 0.6) is 0 Å². The van der Waals surface area contributed by atoms with E-state index in [4.69, 9.17) is 10.6 Å². The van der Waals surface area contributed by atoms with Crippen LogP contribution in [0.1, 0.15) is 17.4 Å². The Morgan fingerprint density at radius 2 is 2.13 bits per heavy atom. The van der Waals surface area contributed by atoms with Crippen LogP contribution in [-0.2, 0) is 4.74 Å². The Bertz CT molecular complexity index is 813. The Kier molecular flexibility index (Phi) is 4.05. The van der Waals surface area contributed by atoms with Crippen LogP contribution in [0, 0.1) is 0 Å². The second-order valence-corrected chi connectivity index (χ2v) is 4.85. The van der Waals surface area contributed by atoms with Gasteiger partial charge in [0.25, 0.3) is 0 Å². The molecule has 0 saturated heterocycles. The minimum absolute atomic E-state index is 0.268. The number of pyridine rings is 2. The van der Waals surface area contributed by atoms with Gasteiger partial charge in [-0.25, -0.2) is 4.79 Å². The highest BCUT2D eigenvalue weighted by atomic mass is 16.5. The number of aromatic nitrogens is 3. The molecule has 0 aliphatic rings. The van der Waals surface area contributed by atoms with Crippen LogP contribution in [0.25, 0.3) is 22.4 Å². The van der Waals surface area contributed by atoms with Crippen molar-refractivity contribution in [2.45, 2.75) is 6.92 Å². The number of ether oxygens (including phenoxy) is 1. The van der Waals surface area contributed by atoms with Crippen LogP contribution in [-0.4, -0.2) is 27.2 Å². The van der Waals surface area contributed by atoms with Crippen LogP contribution in [0.4, 0.5) is 0 Å². The van der Waals surface area contributed by atoms with E-state index in [1.165, 1.54) is 4.68 Å². The van der Waals surface area contributed by atoms with E-state index in [0.717, 1.165) is 11.1 Å². The lowest BCUT2D eigenvalue weighted by molar-refractivity contribution is 0.0517. The van der Waals surface area contributed by atoms with Gasteiger partial charge in [-0.2, -0.15) is 0 Å². The molecule has 3 rings (SSSR count). The topological polar surface area (TPSA) is 83.0 Å². The van der Waals surface area contributed by atoms with E-state index >= 15 is 0 Å². The second-order valence-electron chi connectivity index (χ2n) is 4.85. The number of nitrogens with zero attached hydrogens (tertiary/aromatic N) is 3. The first-order valence-corrected chi connectivity index (χ1v) is 7.21. The summed E-state index contributed by atoms with van der Waals surface area (Å²) >= 11 is 0. The Balaban J connectivity index is 2.25. The van der Waals surface area contributed by atoms with Gasteiger partial charge in [0.1, 0.15) is 0 Å². The number of hydrogen-bond donors (Lipinski definition) is 1. The molecule has 0 unspecified atom stereocenters. The third-order valence-corrected chi connectivity index (χ3v) is 3.39. The van der Waals surface area contributed by atoms with E-state index in [2.05, 4.69) is 9.97 Å². The third kappa shape index (κ3) is 2.78. The molecule has 3 aromatic rings. The third-order valence-electron chi connectivity index (χ3n) is 3.39. The van der Waals surface area contributed by atoms with Crippen LogP contribution in [0.15, 0.2) is 55.1 Å². The van der Waals surface area contributed by atoms with Gasteiger partial charge in [0.05, 0.1) is 12.3 Å². The standard InChI is InChI=1S/C17H16N4O2/c1-2-23-17(22)16-15(14-7-3-4-9-20-14)13(11-21(16)18)12-6-5-8-19-10-12/h3-11H,2,18H2,1H3. The first kappa shape index (κ1) is 14.8. The fraction of sp³-hybridized carbons (Fsp3) is 0.118. The summed E-state index contributed by atoms with van der Waals surface area (Å²) in [6, 6.07) is 9.24. The first-order chi connectivity index (χ1) is 11.2. The summed E-state index contributed by atoms with van der Waals surface area (Å²) in [5.74, 6) is 5.53. The summed E-state index contributed by atoms with van der Waals surface area (Å²) in [7, 11) is 0. The number of carbonyl (C=O) groups is 1. The molecule has 116 valence electrons. The van der Waals surface area contributed by atoms with Crippen molar-refractivity contribution in [3.8, 4) is 22.4 Å². The average molecular weight is 308 g/mol. The summed E-state index contributed by atoms with van der Waals surface area (Å²) in [6.45, 7) is 2.03. The van der Waals surface area contributed by atoms with Gasteiger partial charge >= 0.3 is 5.97 Å². The van der Waals surface area contributed by atoms with E-state index in [1.54, 1.807) is 31.7 Å². The van der Waals surface area contributed by atoms with Gasteiger partial charge in [-0.05, 0) is 25.1 Å². The number of nitrogen functional groups attached to an aromatic ring is 1. The Morgan fingerprint density at radius 1 is 1.26 bits per heavy atom. The molecular formula is C17H16N4O2. The molecule has 0 aliphatic carbocycles. The van der Waals surface area contributed by atoms with Crippen LogP contribution < -0.4 is 5.84 Å². The molecule has 23 heavy (non-hydrogen) atoms. The Hall–Kier alpha value is -3.15. The molecule has 2 N–H and O–H groups in total. The van der Waals surface area contributed by atoms with E-state index in [1.807, 2.05) is 30.3 Å². The lowest BCUT2D eigenvalue weighted by Gasteiger charge is -2.08. The molecule has 0 atom stereocenters. The summed E-state index contributed by atoms with van der Waals surface area (Å²) in [6.07, 6.45) is 6.77. The molecule has 3 heterocycles. The van der Waals surface area contributed by atoms with Crippen LogP contribution in [0.2, 0.25) is 0 Å². The maximum Gasteiger partial charge on any atom is 0.357 e. The van der Waals surface area contributed by atoms with Gasteiger partial charge in [-0.1, -0.05) is 12.1 Å². The number of rotatable bonds is 4. The van der Waals surface area contributed by atoms with Gasteiger partial charge in [0, 0.05) is 41.5 Å². The maximum atomic E-state index is 12.3. The molecule has 0 radical (unpaired) electrons. The first-order valence-electron chi connectivity index (χ1n) is 7.21. The van der Waals surface area contributed by atoms with Crippen LogP contribution in [0.3, 0.4) is 0 Å². The predicted octanol–water partition coefficient (Wildman–Crippen LogP) is 2.50. The zero-order valence-corrected chi connectivity index (χ0v) is 12.6. The lowest BCUT2D eigenvalue weighted by atomic mass is 10.0. The van der Waals surface area contributed by atoms with Crippen molar-refractivity contribution in [3.05, 3.63) is 60.8 Å². The van der Waals surface area contributed by atoms with Crippen molar-refractivity contribution in [1.29, 1.82) is 0 Å². The molecule has 0 aromatic carbocycles. The number of carbonyl (C=O) groups excluding carboxylic acids is 1. The van der Waals surface area contributed by atoms with Crippen molar-refractivity contribution in [2.75, 3.05) is 12.4 Å². The van der Waals surface area contributed by atoms with Gasteiger partial charge in [-0.15, -0.1) is 0 Å². The van der Waals surface area contributed by atoms with Crippen molar-refractivity contribution in [3.63, 3.8) is 0 Å². The minimum Gasteiger partial charge on any atom is -0.461 e. The molecule has 0 fully saturated rings. The summed E-state index contributed by atoms with van der Waals surface area (Å²) in [5.41, 5.74) is 3.19. The van der Waals surface area contributed by atoms with Crippen LogP contribution >= 0.6 is 0 Å². The van der Waals surface area contributed by atoms with Crippen molar-refractivity contribution in [1.82, 2.24) is 14.6 Å². The van der Waals surface area contributed by atoms with E-state index in [0.29, 0.717) is 11.3 Å². The Labute approximate surface area is 133 Å².